The first-order valence-electron chi connectivity index (χ1n) is 5.92. The molecule has 1 atom stereocenters. The van der Waals surface area contributed by atoms with Gasteiger partial charge in [-0.15, -0.1) is 0 Å². The number of aliphatic hydroxyl groups excluding tert-OH is 1. The van der Waals surface area contributed by atoms with Gasteiger partial charge in [0.1, 0.15) is 5.82 Å². The van der Waals surface area contributed by atoms with E-state index in [1.54, 1.807) is 4.90 Å². The number of benzene rings is 1. The van der Waals surface area contributed by atoms with Gasteiger partial charge in [0.2, 0.25) is 5.91 Å². The summed E-state index contributed by atoms with van der Waals surface area (Å²) in [5.41, 5.74) is 0.635. The largest absolute Gasteiger partial charge is 0.396 e. The number of carbonyl (C=O) groups excluding carboxylic acids is 1. The molecule has 18 heavy (non-hydrogen) atoms. The molecule has 0 unspecified atom stereocenters. The Hall–Kier alpha value is -1.13. The van der Waals surface area contributed by atoms with Gasteiger partial charge in [-0.3, -0.25) is 4.79 Å². The number of aliphatic hydroxyl groups is 1. The molecule has 1 aliphatic heterocycles. The second-order valence-corrected chi connectivity index (χ2v) is 5.00. The summed E-state index contributed by atoms with van der Waals surface area (Å²) in [7, 11) is 0. The first kappa shape index (κ1) is 13.3. The quantitative estimate of drug-likeness (QED) is 0.912. The molecule has 1 aliphatic rings. The maximum Gasteiger partial charge on any atom is 0.227 e. The van der Waals surface area contributed by atoms with E-state index in [2.05, 4.69) is 0 Å². The summed E-state index contributed by atoms with van der Waals surface area (Å²) in [6.07, 6.45) is 1.01. The highest BCUT2D eigenvalue weighted by Crippen LogP contribution is 2.21. The van der Waals surface area contributed by atoms with Crippen LogP contribution in [-0.4, -0.2) is 35.6 Å². The van der Waals surface area contributed by atoms with Gasteiger partial charge in [0.25, 0.3) is 0 Å². The molecule has 98 valence electrons. The molecule has 3 nitrogen and oxygen atoms in total. The van der Waals surface area contributed by atoms with Crippen molar-refractivity contribution in [3.05, 3.63) is 34.6 Å². The third-order valence-electron chi connectivity index (χ3n) is 3.25. The molecule has 1 heterocycles. The monoisotopic (exact) mass is 271 g/mol. The van der Waals surface area contributed by atoms with Crippen LogP contribution < -0.4 is 0 Å². The Morgan fingerprint density at radius 1 is 1.56 bits per heavy atom. The van der Waals surface area contributed by atoms with E-state index >= 15 is 0 Å². The van der Waals surface area contributed by atoms with Gasteiger partial charge in [-0.1, -0.05) is 17.7 Å². The molecular weight excluding hydrogens is 257 g/mol. The zero-order chi connectivity index (χ0) is 13.1. The Morgan fingerprint density at radius 3 is 2.94 bits per heavy atom. The average molecular weight is 272 g/mol. The highest BCUT2D eigenvalue weighted by molar-refractivity contribution is 6.31. The molecule has 1 fully saturated rings. The number of nitrogens with zero attached hydrogens (tertiary/aromatic N) is 1. The molecule has 1 saturated heterocycles. The second kappa shape index (κ2) is 5.67. The minimum atomic E-state index is -0.405. The Labute approximate surface area is 110 Å². The number of amides is 1. The molecule has 0 aromatic heterocycles. The number of halogens is 2. The van der Waals surface area contributed by atoms with E-state index in [4.69, 9.17) is 16.7 Å². The first-order chi connectivity index (χ1) is 8.60. The lowest BCUT2D eigenvalue weighted by molar-refractivity contribution is -0.129. The molecule has 5 heteroatoms. The van der Waals surface area contributed by atoms with Gasteiger partial charge in [-0.05, 0) is 24.1 Å². The van der Waals surface area contributed by atoms with Crippen LogP contribution in [-0.2, 0) is 11.2 Å². The van der Waals surface area contributed by atoms with Gasteiger partial charge in [0.15, 0.2) is 0 Å². The zero-order valence-corrected chi connectivity index (χ0v) is 10.7. The summed E-state index contributed by atoms with van der Waals surface area (Å²) in [6.45, 7) is 1.37. The van der Waals surface area contributed by atoms with E-state index in [9.17, 15) is 9.18 Å². The third-order valence-corrected chi connectivity index (χ3v) is 3.61. The summed E-state index contributed by atoms with van der Waals surface area (Å²) >= 11 is 5.89. The molecule has 0 saturated carbocycles. The van der Waals surface area contributed by atoms with Crippen LogP contribution >= 0.6 is 11.6 Å². The minimum absolute atomic E-state index is 0.0283. The van der Waals surface area contributed by atoms with Crippen LogP contribution in [0.5, 0.6) is 0 Å². The number of carbonyl (C=O) groups is 1. The number of hydrogen-bond donors (Lipinski definition) is 1. The molecule has 0 radical (unpaired) electrons. The predicted octanol–water partition coefficient (Wildman–Crippen LogP) is 1.86. The average Bonchev–Trinajstić information content (AvgIpc) is 2.81. The van der Waals surface area contributed by atoms with Crippen LogP contribution in [0, 0.1) is 11.7 Å². The molecule has 0 spiro atoms. The highest BCUT2D eigenvalue weighted by atomic mass is 35.5. The number of rotatable bonds is 3. The Balaban J connectivity index is 1.99. The summed E-state index contributed by atoms with van der Waals surface area (Å²) in [6, 6.07) is 4.05. The zero-order valence-electron chi connectivity index (χ0n) is 9.90. The van der Waals surface area contributed by atoms with Gasteiger partial charge in [-0.2, -0.15) is 0 Å². The first-order valence-corrected chi connectivity index (χ1v) is 6.30. The van der Waals surface area contributed by atoms with Crippen LogP contribution in [0.1, 0.15) is 12.0 Å². The molecular formula is C13H15ClFNO2. The van der Waals surface area contributed by atoms with Crippen molar-refractivity contribution in [3.63, 3.8) is 0 Å². The normalized spacial score (nSPS) is 19.3. The molecule has 1 aromatic carbocycles. The lowest BCUT2D eigenvalue weighted by atomic mass is 10.1. The van der Waals surface area contributed by atoms with E-state index < -0.39 is 5.82 Å². The van der Waals surface area contributed by atoms with Crippen molar-refractivity contribution in [1.82, 2.24) is 4.90 Å². The number of hydrogen-bond acceptors (Lipinski definition) is 2. The van der Waals surface area contributed by atoms with Crippen molar-refractivity contribution >= 4 is 17.5 Å². The fraction of sp³-hybridized carbons (Fsp3) is 0.462. The topological polar surface area (TPSA) is 40.5 Å². The fourth-order valence-electron chi connectivity index (χ4n) is 2.15. The van der Waals surface area contributed by atoms with Crippen molar-refractivity contribution in [2.75, 3.05) is 19.7 Å². The van der Waals surface area contributed by atoms with Gasteiger partial charge >= 0.3 is 0 Å². The Morgan fingerprint density at radius 2 is 2.33 bits per heavy atom. The smallest absolute Gasteiger partial charge is 0.227 e. The maximum atomic E-state index is 12.9. The summed E-state index contributed by atoms with van der Waals surface area (Å²) < 4.78 is 12.9. The van der Waals surface area contributed by atoms with Crippen LogP contribution in [0.3, 0.4) is 0 Å². The van der Waals surface area contributed by atoms with E-state index in [1.807, 2.05) is 0 Å². The Bertz CT molecular complexity index is 453. The van der Waals surface area contributed by atoms with Crippen molar-refractivity contribution in [3.8, 4) is 0 Å². The third kappa shape index (κ3) is 3.00. The molecule has 1 amide bonds. The maximum absolute atomic E-state index is 12.9. The molecule has 1 aromatic rings. The van der Waals surface area contributed by atoms with Gasteiger partial charge in [-0.25, -0.2) is 4.39 Å². The highest BCUT2D eigenvalue weighted by Gasteiger charge is 2.25. The summed E-state index contributed by atoms with van der Waals surface area (Å²) in [5.74, 6) is -0.255. The van der Waals surface area contributed by atoms with Crippen LogP contribution in [0.25, 0.3) is 0 Å². The van der Waals surface area contributed by atoms with E-state index in [0.29, 0.717) is 18.7 Å². The number of likely N-dealkylation sites (tertiary alicyclic amines) is 1. The standard InChI is InChI=1S/C13H15ClFNO2/c14-12-6-11(15)2-1-10(12)5-13(18)16-4-3-9(7-16)8-17/h1-2,6,9,17H,3-5,7-8H2/t9-/m0/s1. The van der Waals surface area contributed by atoms with E-state index in [-0.39, 0.29) is 29.9 Å². The summed E-state index contributed by atoms with van der Waals surface area (Å²) in [4.78, 5) is 13.7. The van der Waals surface area contributed by atoms with Crippen LogP contribution in [0.15, 0.2) is 18.2 Å². The fourth-order valence-corrected chi connectivity index (χ4v) is 2.38. The lowest BCUT2D eigenvalue weighted by Gasteiger charge is -2.16. The van der Waals surface area contributed by atoms with E-state index in [0.717, 1.165) is 6.42 Å². The van der Waals surface area contributed by atoms with Gasteiger partial charge < -0.3 is 10.0 Å². The predicted molar refractivity (Wildman–Crippen MR) is 66.9 cm³/mol. The molecule has 0 aliphatic carbocycles. The van der Waals surface area contributed by atoms with Gasteiger partial charge in [0, 0.05) is 30.6 Å². The van der Waals surface area contributed by atoms with Crippen molar-refractivity contribution in [2.24, 2.45) is 5.92 Å². The summed E-state index contributed by atoms with van der Waals surface area (Å²) in [5, 5.41) is 9.31. The van der Waals surface area contributed by atoms with Crippen molar-refractivity contribution in [2.45, 2.75) is 12.8 Å². The minimum Gasteiger partial charge on any atom is -0.396 e. The molecule has 0 bridgehead atoms. The SMILES string of the molecule is O=C(Cc1ccc(F)cc1Cl)N1CC[C@H](CO)C1. The second-order valence-electron chi connectivity index (χ2n) is 4.59. The van der Waals surface area contributed by atoms with Gasteiger partial charge in [0.05, 0.1) is 6.42 Å². The van der Waals surface area contributed by atoms with Crippen molar-refractivity contribution < 1.29 is 14.3 Å². The van der Waals surface area contributed by atoms with E-state index in [1.165, 1.54) is 18.2 Å². The van der Waals surface area contributed by atoms with Crippen LogP contribution in [0.4, 0.5) is 4.39 Å². The molecule has 1 N–H and O–H groups in total. The van der Waals surface area contributed by atoms with Crippen molar-refractivity contribution in [1.29, 1.82) is 0 Å². The molecule has 2 rings (SSSR count). The van der Waals surface area contributed by atoms with Crippen LogP contribution in [0.2, 0.25) is 5.02 Å². The lowest BCUT2D eigenvalue weighted by Crippen LogP contribution is -2.30. The Kier molecular flexibility index (Phi) is 4.19.